The molecule has 1 fully saturated rings. The van der Waals surface area contributed by atoms with Crippen LogP contribution in [-0.2, 0) is 14.9 Å². The highest BCUT2D eigenvalue weighted by molar-refractivity contribution is 5.99. The summed E-state index contributed by atoms with van der Waals surface area (Å²) in [5.41, 5.74) is 5.98. The second-order valence-corrected chi connectivity index (χ2v) is 5.63. The Kier molecular flexibility index (Phi) is 5.75. The Morgan fingerprint density at radius 1 is 1.25 bits per heavy atom. The molecule has 5 nitrogen and oxygen atoms in total. The highest BCUT2D eigenvalue weighted by atomic mass is 35.5. The summed E-state index contributed by atoms with van der Waals surface area (Å²) in [6.07, 6.45) is 2.52. The molecule has 1 aromatic heterocycles. The third kappa shape index (κ3) is 3.66. The fourth-order valence-corrected chi connectivity index (χ4v) is 2.88. The average molecular weight is 352 g/mol. The number of rotatable bonds is 3. The van der Waals surface area contributed by atoms with Gasteiger partial charge in [-0.3, -0.25) is 4.79 Å². The zero-order chi connectivity index (χ0) is 16.3. The van der Waals surface area contributed by atoms with E-state index in [9.17, 15) is 9.18 Å². The molecule has 7 heteroatoms. The van der Waals surface area contributed by atoms with Crippen molar-refractivity contribution in [1.82, 2.24) is 4.98 Å². The topological polar surface area (TPSA) is 77.2 Å². The summed E-state index contributed by atoms with van der Waals surface area (Å²) < 4.78 is 19.0. The Morgan fingerprint density at radius 2 is 2.00 bits per heavy atom. The van der Waals surface area contributed by atoms with Gasteiger partial charge in [-0.25, -0.2) is 9.37 Å². The molecular formula is C17H19ClFN3O2. The molecule has 0 bridgehead atoms. The minimum Gasteiger partial charge on any atom is -0.384 e. The van der Waals surface area contributed by atoms with Crippen LogP contribution in [0.1, 0.15) is 18.4 Å². The maximum atomic E-state index is 13.6. The van der Waals surface area contributed by atoms with E-state index in [2.05, 4.69) is 10.3 Å². The summed E-state index contributed by atoms with van der Waals surface area (Å²) in [4.78, 5) is 16.9. The SMILES string of the molecule is Cl.Nc1ccc(NC(=O)C2(c3cccc(F)c3)CCOCC2)cn1. The fourth-order valence-electron chi connectivity index (χ4n) is 2.88. The summed E-state index contributed by atoms with van der Waals surface area (Å²) in [5, 5.41) is 2.86. The normalized spacial score (nSPS) is 16.0. The number of halogens is 2. The Bertz CT molecular complexity index is 703. The van der Waals surface area contributed by atoms with Gasteiger partial charge in [0.25, 0.3) is 0 Å². The smallest absolute Gasteiger partial charge is 0.235 e. The summed E-state index contributed by atoms with van der Waals surface area (Å²) in [7, 11) is 0. The Labute approximate surface area is 145 Å². The van der Waals surface area contributed by atoms with Crippen LogP contribution in [0.15, 0.2) is 42.6 Å². The number of hydrogen-bond acceptors (Lipinski definition) is 4. The molecule has 0 aliphatic carbocycles. The van der Waals surface area contributed by atoms with Gasteiger partial charge in [0.15, 0.2) is 0 Å². The molecule has 3 rings (SSSR count). The Balaban J connectivity index is 0.00000208. The van der Waals surface area contributed by atoms with E-state index < -0.39 is 5.41 Å². The second-order valence-electron chi connectivity index (χ2n) is 5.63. The van der Waals surface area contributed by atoms with Crippen molar-refractivity contribution >= 4 is 29.8 Å². The van der Waals surface area contributed by atoms with Gasteiger partial charge in [-0.15, -0.1) is 12.4 Å². The predicted molar refractivity (Wildman–Crippen MR) is 92.7 cm³/mol. The molecule has 1 aliphatic heterocycles. The molecule has 2 heterocycles. The number of hydrogen-bond donors (Lipinski definition) is 2. The first-order valence-corrected chi connectivity index (χ1v) is 7.47. The molecule has 0 saturated carbocycles. The molecule has 1 aliphatic rings. The predicted octanol–water partition coefficient (Wildman–Crippen LogP) is 2.91. The van der Waals surface area contributed by atoms with E-state index in [1.165, 1.54) is 18.3 Å². The fraction of sp³-hybridized carbons (Fsp3) is 0.294. The summed E-state index contributed by atoms with van der Waals surface area (Å²) in [6, 6.07) is 9.52. The molecule has 0 spiro atoms. The quantitative estimate of drug-likeness (QED) is 0.891. The summed E-state index contributed by atoms with van der Waals surface area (Å²) in [5.74, 6) is -0.151. The van der Waals surface area contributed by atoms with Gasteiger partial charge in [-0.1, -0.05) is 12.1 Å². The van der Waals surface area contributed by atoms with Crippen LogP contribution in [0.4, 0.5) is 15.9 Å². The highest BCUT2D eigenvalue weighted by Gasteiger charge is 2.42. The lowest BCUT2D eigenvalue weighted by Crippen LogP contribution is -2.44. The lowest BCUT2D eigenvalue weighted by molar-refractivity contribution is -0.125. The molecule has 1 saturated heterocycles. The molecule has 128 valence electrons. The van der Waals surface area contributed by atoms with Crippen molar-refractivity contribution < 1.29 is 13.9 Å². The third-order valence-corrected chi connectivity index (χ3v) is 4.20. The number of amides is 1. The molecule has 1 aromatic carbocycles. The summed E-state index contributed by atoms with van der Waals surface area (Å²) in [6.45, 7) is 0.924. The maximum absolute atomic E-state index is 13.6. The van der Waals surface area contributed by atoms with E-state index >= 15 is 0 Å². The number of nitrogen functional groups attached to an aromatic ring is 1. The van der Waals surface area contributed by atoms with Gasteiger partial charge < -0.3 is 15.8 Å². The number of pyridine rings is 1. The van der Waals surface area contributed by atoms with Crippen LogP contribution in [0.3, 0.4) is 0 Å². The van der Waals surface area contributed by atoms with Crippen molar-refractivity contribution in [1.29, 1.82) is 0 Å². The lowest BCUT2D eigenvalue weighted by Gasteiger charge is -2.36. The standard InChI is InChI=1S/C17H18FN3O2.ClH/c18-13-3-1-2-12(10-13)17(6-8-23-9-7-17)16(22)21-14-4-5-15(19)20-11-14;/h1-5,10-11H,6-9H2,(H2,19,20)(H,21,22);1H. The van der Waals surface area contributed by atoms with Gasteiger partial charge in [-0.2, -0.15) is 0 Å². The first kappa shape index (κ1) is 18.2. The molecule has 1 amide bonds. The van der Waals surface area contributed by atoms with Gasteiger partial charge >= 0.3 is 0 Å². The number of ether oxygens (including phenoxy) is 1. The van der Waals surface area contributed by atoms with E-state index in [-0.39, 0.29) is 24.1 Å². The minimum atomic E-state index is -0.804. The van der Waals surface area contributed by atoms with Crippen molar-refractivity contribution in [3.8, 4) is 0 Å². The van der Waals surface area contributed by atoms with Gasteiger partial charge in [-0.05, 0) is 42.7 Å². The Hall–Kier alpha value is -2.18. The first-order valence-electron chi connectivity index (χ1n) is 7.47. The lowest BCUT2D eigenvalue weighted by atomic mass is 9.73. The first-order chi connectivity index (χ1) is 11.1. The van der Waals surface area contributed by atoms with Crippen molar-refractivity contribution in [3.05, 3.63) is 54.0 Å². The highest BCUT2D eigenvalue weighted by Crippen LogP contribution is 2.36. The van der Waals surface area contributed by atoms with Crippen LogP contribution in [0.25, 0.3) is 0 Å². The van der Waals surface area contributed by atoms with Crippen LogP contribution < -0.4 is 11.1 Å². The number of carbonyl (C=O) groups is 1. The second kappa shape index (κ2) is 7.59. The molecular weight excluding hydrogens is 333 g/mol. The Morgan fingerprint density at radius 3 is 2.62 bits per heavy atom. The zero-order valence-electron chi connectivity index (χ0n) is 13.0. The molecule has 0 radical (unpaired) electrons. The largest absolute Gasteiger partial charge is 0.384 e. The van der Waals surface area contributed by atoms with E-state index in [1.807, 2.05) is 0 Å². The number of carbonyl (C=O) groups excluding carboxylic acids is 1. The van der Waals surface area contributed by atoms with Crippen LogP contribution in [-0.4, -0.2) is 24.1 Å². The van der Waals surface area contributed by atoms with Crippen molar-refractivity contribution in [2.45, 2.75) is 18.3 Å². The third-order valence-electron chi connectivity index (χ3n) is 4.20. The van der Waals surface area contributed by atoms with E-state index in [1.54, 1.807) is 24.3 Å². The number of nitrogens with zero attached hydrogens (tertiary/aromatic N) is 1. The minimum absolute atomic E-state index is 0. The molecule has 3 N–H and O–H groups in total. The average Bonchev–Trinajstić information content (AvgIpc) is 2.57. The van der Waals surface area contributed by atoms with Crippen molar-refractivity contribution in [2.75, 3.05) is 24.3 Å². The zero-order valence-corrected chi connectivity index (χ0v) is 13.8. The molecule has 2 aromatic rings. The van der Waals surface area contributed by atoms with Gasteiger partial charge in [0.05, 0.1) is 17.3 Å². The maximum Gasteiger partial charge on any atom is 0.235 e. The van der Waals surface area contributed by atoms with E-state index in [4.69, 9.17) is 10.5 Å². The van der Waals surface area contributed by atoms with Crippen LogP contribution in [0, 0.1) is 5.82 Å². The monoisotopic (exact) mass is 351 g/mol. The van der Waals surface area contributed by atoms with E-state index in [0.717, 1.165) is 0 Å². The number of nitrogens with two attached hydrogens (primary N) is 1. The van der Waals surface area contributed by atoms with Gasteiger partial charge in [0.1, 0.15) is 11.6 Å². The number of nitrogens with one attached hydrogen (secondary N) is 1. The number of benzene rings is 1. The van der Waals surface area contributed by atoms with Crippen molar-refractivity contribution in [3.63, 3.8) is 0 Å². The van der Waals surface area contributed by atoms with Crippen LogP contribution in [0.5, 0.6) is 0 Å². The van der Waals surface area contributed by atoms with E-state index in [0.29, 0.717) is 43.1 Å². The molecule has 0 atom stereocenters. The number of anilines is 2. The summed E-state index contributed by atoms with van der Waals surface area (Å²) >= 11 is 0. The molecule has 0 unspecified atom stereocenters. The van der Waals surface area contributed by atoms with Crippen molar-refractivity contribution in [2.24, 2.45) is 0 Å². The van der Waals surface area contributed by atoms with Crippen LogP contribution >= 0.6 is 12.4 Å². The van der Waals surface area contributed by atoms with Gasteiger partial charge in [0, 0.05) is 13.2 Å². The molecule has 24 heavy (non-hydrogen) atoms. The van der Waals surface area contributed by atoms with Gasteiger partial charge in [0.2, 0.25) is 5.91 Å². The number of aromatic nitrogens is 1. The van der Waals surface area contributed by atoms with Crippen LogP contribution in [0.2, 0.25) is 0 Å².